The van der Waals surface area contributed by atoms with Crippen LogP contribution in [0.4, 0.5) is 0 Å². The van der Waals surface area contributed by atoms with E-state index in [0.717, 1.165) is 0 Å². The summed E-state index contributed by atoms with van der Waals surface area (Å²) >= 11 is 0. The van der Waals surface area contributed by atoms with Gasteiger partial charge in [0.2, 0.25) is 0 Å². The highest BCUT2D eigenvalue weighted by atomic mass is 31.2. The molecule has 1 atom stereocenters. The van der Waals surface area contributed by atoms with Gasteiger partial charge in [-0.1, -0.05) is 12.2 Å². The Labute approximate surface area is 73.6 Å². The first-order valence-electron chi connectivity index (χ1n) is 3.78. The van der Waals surface area contributed by atoms with Gasteiger partial charge in [0.25, 0.3) is 0 Å². The van der Waals surface area contributed by atoms with Crippen molar-refractivity contribution >= 4 is 7.60 Å². The van der Waals surface area contributed by atoms with Gasteiger partial charge in [0.15, 0.2) is 0 Å². The zero-order chi connectivity index (χ0) is 9.45. The van der Waals surface area contributed by atoms with Crippen LogP contribution < -0.4 is 0 Å². The summed E-state index contributed by atoms with van der Waals surface area (Å²) in [5.41, 5.74) is 0. The van der Waals surface area contributed by atoms with Crippen molar-refractivity contribution < 1.29 is 13.6 Å². The van der Waals surface area contributed by atoms with E-state index in [0.29, 0.717) is 6.61 Å². The third-order valence-electron chi connectivity index (χ3n) is 1.07. The number of allylic oxidation sites excluding steroid dienone is 1. The molecule has 0 saturated heterocycles. The van der Waals surface area contributed by atoms with Gasteiger partial charge in [-0.2, -0.15) is 0 Å². The minimum atomic E-state index is -2.93. The lowest BCUT2D eigenvalue weighted by Crippen LogP contribution is -1.98. The van der Waals surface area contributed by atoms with Crippen LogP contribution in [-0.2, 0) is 13.6 Å². The van der Waals surface area contributed by atoms with Crippen molar-refractivity contribution in [2.24, 2.45) is 0 Å². The summed E-state index contributed by atoms with van der Waals surface area (Å²) in [6.45, 7) is 9.32. The fraction of sp³-hybridized carbons (Fsp3) is 0.500. The molecule has 0 fully saturated rings. The molecule has 0 aliphatic carbocycles. The Bertz CT molecular complexity index is 189. The summed E-state index contributed by atoms with van der Waals surface area (Å²) < 4.78 is 21.6. The second kappa shape index (κ2) is 6.18. The summed E-state index contributed by atoms with van der Waals surface area (Å²) in [6.07, 6.45) is 3.31. The first-order chi connectivity index (χ1) is 5.68. The Balaban J connectivity index is 4.07. The van der Waals surface area contributed by atoms with E-state index >= 15 is 0 Å². The molecule has 0 aromatic carbocycles. The maximum atomic E-state index is 11.6. The van der Waals surface area contributed by atoms with Gasteiger partial charge in [0.1, 0.15) is 0 Å². The zero-order valence-corrected chi connectivity index (χ0v) is 8.26. The van der Waals surface area contributed by atoms with E-state index in [1.54, 1.807) is 6.92 Å². The third-order valence-corrected chi connectivity index (χ3v) is 2.97. The molecule has 0 aromatic rings. The lowest BCUT2D eigenvalue weighted by atomic mass is 10.7. The van der Waals surface area contributed by atoms with Crippen LogP contribution in [-0.4, -0.2) is 19.4 Å². The van der Waals surface area contributed by atoms with Gasteiger partial charge in [-0.25, -0.2) is 0 Å². The summed E-state index contributed by atoms with van der Waals surface area (Å²) in [7, 11) is -2.93. The molecule has 0 spiro atoms. The highest BCUT2D eigenvalue weighted by Gasteiger charge is 2.20. The molecule has 0 amide bonds. The monoisotopic (exact) mass is 190 g/mol. The molecule has 0 radical (unpaired) electrons. The van der Waals surface area contributed by atoms with Crippen molar-refractivity contribution in [1.29, 1.82) is 0 Å². The molecule has 0 heterocycles. The summed E-state index contributed by atoms with van der Waals surface area (Å²) in [5, 5.41) is 0. The molecular weight excluding hydrogens is 175 g/mol. The Morgan fingerprint density at radius 1 is 1.33 bits per heavy atom. The Hall–Kier alpha value is -0.370. The zero-order valence-electron chi connectivity index (χ0n) is 7.36. The second-order valence-corrected chi connectivity index (χ2v) is 4.19. The van der Waals surface area contributed by atoms with Gasteiger partial charge in [0, 0.05) is 0 Å². The summed E-state index contributed by atoms with van der Waals surface area (Å²) in [4.78, 5) is 0. The number of rotatable bonds is 7. The van der Waals surface area contributed by atoms with Gasteiger partial charge >= 0.3 is 7.60 Å². The molecule has 0 bridgehead atoms. The molecular formula is C8H15O3P. The minimum absolute atomic E-state index is 0.241. The molecule has 1 unspecified atom stereocenters. The van der Waals surface area contributed by atoms with E-state index in [9.17, 15) is 4.57 Å². The van der Waals surface area contributed by atoms with Crippen molar-refractivity contribution in [2.75, 3.05) is 19.4 Å². The van der Waals surface area contributed by atoms with Crippen LogP contribution in [0.15, 0.2) is 25.3 Å². The molecule has 0 aliphatic heterocycles. The summed E-state index contributed by atoms with van der Waals surface area (Å²) in [6, 6.07) is 0. The normalized spacial score (nSPS) is 15.1. The van der Waals surface area contributed by atoms with E-state index in [1.165, 1.54) is 12.2 Å². The van der Waals surface area contributed by atoms with Crippen molar-refractivity contribution in [2.45, 2.75) is 6.92 Å². The molecule has 0 aliphatic rings. The average Bonchev–Trinajstić information content (AvgIpc) is 2.02. The number of hydrogen-bond acceptors (Lipinski definition) is 3. The molecule has 4 heteroatoms. The fourth-order valence-corrected chi connectivity index (χ4v) is 1.99. The molecule has 3 nitrogen and oxygen atoms in total. The lowest BCUT2D eigenvalue weighted by Gasteiger charge is -2.14. The predicted molar refractivity (Wildman–Crippen MR) is 50.4 cm³/mol. The minimum Gasteiger partial charge on any atom is -0.309 e. The molecule has 0 N–H and O–H groups in total. The lowest BCUT2D eigenvalue weighted by molar-refractivity contribution is 0.230. The van der Waals surface area contributed by atoms with Gasteiger partial charge < -0.3 is 9.05 Å². The van der Waals surface area contributed by atoms with Crippen LogP contribution >= 0.6 is 7.60 Å². The van der Waals surface area contributed by atoms with E-state index in [4.69, 9.17) is 9.05 Å². The largest absolute Gasteiger partial charge is 0.334 e. The summed E-state index contributed by atoms with van der Waals surface area (Å²) in [5.74, 6) is 0. The van der Waals surface area contributed by atoms with Crippen LogP contribution in [0.3, 0.4) is 0 Å². The van der Waals surface area contributed by atoms with Crippen molar-refractivity contribution in [3.63, 3.8) is 0 Å². The smallest absolute Gasteiger partial charge is 0.309 e. The number of hydrogen-bond donors (Lipinski definition) is 0. The average molecular weight is 190 g/mol. The van der Waals surface area contributed by atoms with Crippen molar-refractivity contribution in [1.82, 2.24) is 0 Å². The van der Waals surface area contributed by atoms with Crippen molar-refractivity contribution in [3.05, 3.63) is 25.3 Å². The van der Waals surface area contributed by atoms with Crippen LogP contribution in [0, 0.1) is 0 Å². The molecule has 0 saturated carbocycles. The van der Waals surface area contributed by atoms with Crippen LogP contribution in [0.5, 0.6) is 0 Å². The molecule has 70 valence electrons. The maximum Gasteiger partial charge on any atom is 0.334 e. The first-order valence-corrected chi connectivity index (χ1v) is 5.51. The maximum absolute atomic E-state index is 11.6. The van der Waals surface area contributed by atoms with Gasteiger partial charge in [-0.05, 0) is 6.92 Å². The molecule has 12 heavy (non-hydrogen) atoms. The Kier molecular flexibility index (Phi) is 5.99. The van der Waals surface area contributed by atoms with Crippen LogP contribution in [0.1, 0.15) is 6.92 Å². The topological polar surface area (TPSA) is 35.5 Å². The predicted octanol–water partition coefficient (Wildman–Crippen LogP) is 2.60. The SMILES string of the molecule is C=CCOP(=O)(CC=C)OCC. The van der Waals surface area contributed by atoms with E-state index in [2.05, 4.69) is 13.2 Å². The standard InChI is InChI=1S/C8H15O3P/c1-4-7-11-12(9,8-5-2)10-6-3/h4-5H,1-2,6-8H2,3H3. The van der Waals surface area contributed by atoms with E-state index < -0.39 is 7.60 Å². The van der Waals surface area contributed by atoms with Gasteiger partial charge in [-0.15, -0.1) is 13.2 Å². The Morgan fingerprint density at radius 2 is 2.00 bits per heavy atom. The Morgan fingerprint density at radius 3 is 2.42 bits per heavy atom. The molecule has 0 rings (SSSR count). The first kappa shape index (κ1) is 11.6. The van der Waals surface area contributed by atoms with Crippen molar-refractivity contribution in [3.8, 4) is 0 Å². The van der Waals surface area contributed by atoms with E-state index in [-0.39, 0.29) is 12.8 Å². The fourth-order valence-electron chi connectivity index (χ4n) is 0.664. The second-order valence-electron chi connectivity index (χ2n) is 2.08. The quantitative estimate of drug-likeness (QED) is 0.457. The van der Waals surface area contributed by atoms with Gasteiger partial charge in [-0.3, -0.25) is 4.57 Å². The van der Waals surface area contributed by atoms with E-state index in [1.807, 2.05) is 0 Å². The van der Waals surface area contributed by atoms with Crippen LogP contribution in [0.2, 0.25) is 0 Å². The van der Waals surface area contributed by atoms with Gasteiger partial charge in [0.05, 0.1) is 19.4 Å². The third kappa shape index (κ3) is 4.50. The van der Waals surface area contributed by atoms with Crippen LogP contribution in [0.25, 0.3) is 0 Å². The highest BCUT2D eigenvalue weighted by molar-refractivity contribution is 7.54. The molecule has 0 aromatic heterocycles. The highest BCUT2D eigenvalue weighted by Crippen LogP contribution is 2.47.